The summed E-state index contributed by atoms with van der Waals surface area (Å²) < 4.78 is 0. The van der Waals surface area contributed by atoms with Gasteiger partial charge < -0.3 is 10.3 Å². The van der Waals surface area contributed by atoms with Crippen molar-refractivity contribution in [3.63, 3.8) is 0 Å². The van der Waals surface area contributed by atoms with Gasteiger partial charge in [0.05, 0.1) is 0 Å². The van der Waals surface area contributed by atoms with Gasteiger partial charge in [-0.15, -0.1) is 0 Å². The first-order valence-corrected chi connectivity index (χ1v) is 6.06. The summed E-state index contributed by atoms with van der Waals surface area (Å²) >= 11 is 0. The molecule has 3 nitrogen and oxygen atoms in total. The van der Waals surface area contributed by atoms with Crippen LogP contribution in [0, 0.1) is 13.8 Å². The van der Waals surface area contributed by atoms with E-state index in [4.69, 9.17) is 0 Å². The molecule has 0 aliphatic heterocycles. The average molecular weight is 242 g/mol. The van der Waals surface area contributed by atoms with Crippen molar-refractivity contribution in [2.45, 2.75) is 20.4 Å². The molecule has 2 rings (SSSR count). The lowest BCUT2D eigenvalue weighted by molar-refractivity contribution is 0.805. The third kappa shape index (κ3) is 2.51. The van der Waals surface area contributed by atoms with E-state index in [1.54, 1.807) is 0 Å². The minimum absolute atomic E-state index is 0.0277. The number of aromatic nitrogens is 1. The molecule has 0 fully saturated rings. The first kappa shape index (κ1) is 12.6. The molecule has 2 aromatic rings. The maximum atomic E-state index is 11.9. The topological polar surface area (TPSA) is 44.9 Å². The van der Waals surface area contributed by atoms with E-state index in [-0.39, 0.29) is 5.56 Å². The summed E-state index contributed by atoms with van der Waals surface area (Å²) in [6, 6.07) is 10.0. The number of aryl methyl sites for hydroxylation is 2. The molecule has 2 N–H and O–H groups in total. The minimum atomic E-state index is -0.0277. The Morgan fingerprint density at radius 1 is 1.11 bits per heavy atom. The molecule has 1 heterocycles. The van der Waals surface area contributed by atoms with Gasteiger partial charge in [0.1, 0.15) is 0 Å². The molecule has 1 aromatic heterocycles. The van der Waals surface area contributed by atoms with Gasteiger partial charge in [0.15, 0.2) is 0 Å². The van der Waals surface area contributed by atoms with Crippen molar-refractivity contribution in [3.05, 3.63) is 57.4 Å². The molecule has 0 saturated carbocycles. The highest BCUT2D eigenvalue weighted by Crippen LogP contribution is 2.19. The number of hydrogen-bond acceptors (Lipinski definition) is 2. The second kappa shape index (κ2) is 5.19. The third-order valence-corrected chi connectivity index (χ3v) is 3.18. The van der Waals surface area contributed by atoms with E-state index in [1.807, 2.05) is 25.2 Å². The maximum Gasteiger partial charge on any atom is 0.252 e. The zero-order valence-corrected chi connectivity index (χ0v) is 11.0. The van der Waals surface area contributed by atoms with Crippen LogP contribution in [0.2, 0.25) is 0 Å². The molecule has 0 radical (unpaired) electrons. The summed E-state index contributed by atoms with van der Waals surface area (Å²) in [6.07, 6.45) is 0. The summed E-state index contributed by atoms with van der Waals surface area (Å²) in [5.74, 6) is 0. The van der Waals surface area contributed by atoms with E-state index in [9.17, 15) is 4.79 Å². The largest absolute Gasteiger partial charge is 0.322 e. The Morgan fingerprint density at radius 2 is 1.89 bits per heavy atom. The molecule has 0 atom stereocenters. The van der Waals surface area contributed by atoms with Gasteiger partial charge in [-0.05, 0) is 49.7 Å². The number of rotatable bonds is 3. The minimum Gasteiger partial charge on any atom is -0.322 e. The molecule has 0 saturated heterocycles. The Labute approximate surface area is 107 Å². The zero-order valence-electron chi connectivity index (χ0n) is 11.0. The van der Waals surface area contributed by atoms with Gasteiger partial charge >= 0.3 is 0 Å². The van der Waals surface area contributed by atoms with Gasteiger partial charge in [-0.2, -0.15) is 0 Å². The summed E-state index contributed by atoms with van der Waals surface area (Å²) in [6.45, 7) is 4.74. The summed E-state index contributed by atoms with van der Waals surface area (Å²) in [5.41, 5.74) is 5.12. The molecule has 0 bridgehead atoms. The van der Waals surface area contributed by atoms with Gasteiger partial charge in [-0.3, -0.25) is 4.79 Å². The molecule has 1 aromatic carbocycles. The highest BCUT2D eigenvalue weighted by atomic mass is 16.1. The predicted molar refractivity (Wildman–Crippen MR) is 74.7 cm³/mol. The van der Waals surface area contributed by atoms with E-state index in [2.05, 4.69) is 36.3 Å². The molecule has 18 heavy (non-hydrogen) atoms. The van der Waals surface area contributed by atoms with Gasteiger partial charge in [0.25, 0.3) is 5.56 Å². The maximum absolute atomic E-state index is 11.9. The fourth-order valence-corrected chi connectivity index (χ4v) is 1.91. The lowest BCUT2D eigenvalue weighted by Crippen LogP contribution is -2.18. The number of aromatic amines is 1. The highest BCUT2D eigenvalue weighted by molar-refractivity contribution is 5.60. The van der Waals surface area contributed by atoms with Crippen molar-refractivity contribution >= 4 is 0 Å². The molecule has 0 aliphatic carbocycles. The highest BCUT2D eigenvalue weighted by Gasteiger charge is 2.03. The van der Waals surface area contributed by atoms with Gasteiger partial charge in [-0.25, -0.2) is 0 Å². The second-order valence-corrected chi connectivity index (χ2v) is 4.56. The van der Waals surface area contributed by atoms with E-state index in [1.165, 1.54) is 11.1 Å². The summed E-state index contributed by atoms with van der Waals surface area (Å²) in [7, 11) is 1.83. The number of pyridine rings is 1. The third-order valence-electron chi connectivity index (χ3n) is 3.18. The lowest BCUT2D eigenvalue weighted by atomic mass is 10.0. The fourth-order valence-electron chi connectivity index (χ4n) is 1.91. The van der Waals surface area contributed by atoms with Crippen LogP contribution in [-0.4, -0.2) is 12.0 Å². The molecular weight excluding hydrogens is 224 g/mol. The van der Waals surface area contributed by atoms with Crippen LogP contribution < -0.4 is 10.9 Å². The lowest BCUT2D eigenvalue weighted by Gasteiger charge is -2.06. The normalized spacial score (nSPS) is 10.6. The van der Waals surface area contributed by atoms with E-state index < -0.39 is 0 Å². The van der Waals surface area contributed by atoms with Crippen molar-refractivity contribution in [2.24, 2.45) is 0 Å². The Kier molecular flexibility index (Phi) is 3.63. The number of H-pyrrole nitrogens is 1. The smallest absolute Gasteiger partial charge is 0.252 e. The first-order chi connectivity index (χ1) is 8.61. The van der Waals surface area contributed by atoms with Gasteiger partial charge in [-0.1, -0.05) is 18.2 Å². The van der Waals surface area contributed by atoms with E-state index in [0.717, 1.165) is 16.8 Å². The molecule has 94 valence electrons. The van der Waals surface area contributed by atoms with E-state index >= 15 is 0 Å². The monoisotopic (exact) mass is 242 g/mol. The van der Waals surface area contributed by atoms with Crippen LogP contribution >= 0.6 is 0 Å². The summed E-state index contributed by atoms with van der Waals surface area (Å²) in [4.78, 5) is 14.8. The van der Waals surface area contributed by atoms with Crippen LogP contribution in [-0.2, 0) is 6.54 Å². The van der Waals surface area contributed by atoms with Crippen LogP contribution in [0.1, 0.15) is 16.7 Å². The standard InChI is InChI=1S/C15H18N2O/c1-10-4-5-12(8-11(10)2)14-7-6-13(9-16-3)15(18)17-14/h4-8,16H,9H2,1-3H3,(H,17,18). The van der Waals surface area contributed by atoms with Crippen molar-refractivity contribution in [1.29, 1.82) is 0 Å². The van der Waals surface area contributed by atoms with Crippen LogP contribution in [0.3, 0.4) is 0 Å². The second-order valence-electron chi connectivity index (χ2n) is 4.56. The summed E-state index contributed by atoms with van der Waals surface area (Å²) in [5, 5.41) is 2.98. The molecule has 3 heteroatoms. The molecule has 0 spiro atoms. The number of benzene rings is 1. The predicted octanol–water partition coefficient (Wildman–Crippen LogP) is 2.38. The Balaban J connectivity index is 2.42. The molecule has 0 aliphatic rings. The fraction of sp³-hybridized carbons (Fsp3) is 0.267. The molecule has 0 amide bonds. The van der Waals surface area contributed by atoms with Crippen molar-refractivity contribution in [3.8, 4) is 11.3 Å². The molecule has 0 unspecified atom stereocenters. The Bertz CT molecular complexity index is 614. The molecular formula is C15H18N2O. The van der Waals surface area contributed by atoms with E-state index in [0.29, 0.717) is 6.54 Å². The first-order valence-electron chi connectivity index (χ1n) is 6.06. The van der Waals surface area contributed by atoms with Crippen LogP contribution in [0.4, 0.5) is 0 Å². The Hall–Kier alpha value is -1.87. The quantitative estimate of drug-likeness (QED) is 0.868. The van der Waals surface area contributed by atoms with Crippen molar-refractivity contribution < 1.29 is 0 Å². The van der Waals surface area contributed by atoms with Gasteiger partial charge in [0, 0.05) is 17.8 Å². The van der Waals surface area contributed by atoms with Crippen molar-refractivity contribution in [2.75, 3.05) is 7.05 Å². The van der Waals surface area contributed by atoms with Crippen molar-refractivity contribution in [1.82, 2.24) is 10.3 Å². The number of hydrogen-bond donors (Lipinski definition) is 2. The Morgan fingerprint density at radius 3 is 2.50 bits per heavy atom. The SMILES string of the molecule is CNCc1ccc(-c2ccc(C)c(C)c2)[nH]c1=O. The van der Waals surface area contributed by atoms with Crippen LogP contribution in [0.25, 0.3) is 11.3 Å². The average Bonchev–Trinajstić information content (AvgIpc) is 2.35. The van der Waals surface area contributed by atoms with Crippen LogP contribution in [0.15, 0.2) is 35.1 Å². The van der Waals surface area contributed by atoms with Crippen LogP contribution in [0.5, 0.6) is 0 Å². The van der Waals surface area contributed by atoms with Gasteiger partial charge in [0.2, 0.25) is 0 Å². The zero-order chi connectivity index (χ0) is 13.1. The number of nitrogens with one attached hydrogen (secondary N) is 2.